The van der Waals surface area contributed by atoms with E-state index in [9.17, 15) is 9.90 Å². The summed E-state index contributed by atoms with van der Waals surface area (Å²) < 4.78 is 10.9. The molecule has 0 aliphatic rings. The Morgan fingerprint density at radius 3 is 2.30 bits per heavy atom. The lowest BCUT2D eigenvalue weighted by atomic mass is 9.92. The van der Waals surface area contributed by atoms with E-state index in [-0.39, 0.29) is 12.2 Å². The summed E-state index contributed by atoms with van der Waals surface area (Å²) in [6, 6.07) is 8.68. The number of nitrogens with two attached hydrogens (primary N) is 1. The Kier molecular flexibility index (Phi) is 5.68. The van der Waals surface area contributed by atoms with Gasteiger partial charge in [-0.15, -0.1) is 0 Å². The number of carboxylic acids is 1. The number of rotatable bonds is 7. The van der Waals surface area contributed by atoms with Crippen molar-refractivity contribution in [3.05, 3.63) is 35.9 Å². The van der Waals surface area contributed by atoms with Crippen LogP contribution in [0.2, 0.25) is 0 Å². The molecule has 1 unspecified atom stereocenters. The van der Waals surface area contributed by atoms with Crippen LogP contribution >= 0.6 is 0 Å². The number of aliphatic carboxylic acids is 1. The second-order valence-corrected chi connectivity index (χ2v) is 5.66. The van der Waals surface area contributed by atoms with Crippen molar-refractivity contribution in [3.63, 3.8) is 0 Å². The van der Waals surface area contributed by atoms with Crippen molar-refractivity contribution in [1.82, 2.24) is 0 Å². The molecule has 0 bridgehead atoms. The molecule has 0 heterocycles. The number of hydrogen-bond acceptors (Lipinski definition) is 4. The number of benzene rings is 1. The predicted molar refractivity (Wildman–Crippen MR) is 76.5 cm³/mol. The monoisotopic (exact) mass is 281 g/mol. The molecule has 3 N–H and O–H groups in total. The van der Waals surface area contributed by atoms with Crippen LogP contribution in [0.1, 0.15) is 26.3 Å². The van der Waals surface area contributed by atoms with Crippen LogP contribution in [0.15, 0.2) is 30.3 Å². The highest BCUT2D eigenvalue weighted by Crippen LogP contribution is 2.19. The van der Waals surface area contributed by atoms with Crippen LogP contribution in [-0.2, 0) is 19.8 Å². The molecule has 0 aliphatic heterocycles. The van der Waals surface area contributed by atoms with Gasteiger partial charge in [-0.3, -0.25) is 0 Å². The number of carboxylic acid groups (broad SMARTS) is 1. The van der Waals surface area contributed by atoms with Crippen molar-refractivity contribution >= 4 is 5.97 Å². The molecule has 1 rings (SSSR count). The molecule has 0 spiro atoms. The highest BCUT2D eigenvalue weighted by molar-refractivity contribution is 5.80. The van der Waals surface area contributed by atoms with Gasteiger partial charge in [0.05, 0.1) is 25.4 Å². The largest absolute Gasteiger partial charge is 0.480 e. The molecule has 5 heteroatoms. The summed E-state index contributed by atoms with van der Waals surface area (Å²) in [4.78, 5) is 11.4. The van der Waals surface area contributed by atoms with Crippen molar-refractivity contribution in [2.45, 2.75) is 31.9 Å². The Morgan fingerprint density at radius 2 is 1.80 bits per heavy atom. The van der Waals surface area contributed by atoms with Crippen molar-refractivity contribution < 1.29 is 19.4 Å². The third-order valence-electron chi connectivity index (χ3n) is 2.76. The standard InChI is InChI=1S/C15H23NO4/c1-14(2,3)20-10-9-19-11-15(16,13(17)18)12-7-5-4-6-8-12/h4-8H,9-11,16H2,1-3H3,(H,17,18). The van der Waals surface area contributed by atoms with E-state index in [2.05, 4.69) is 0 Å². The van der Waals surface area contributed by atoms with Gasteiger partial charge in [-0.1, -0.05) is 30.3 Å². The van der Waals surface area contributed by atoms with Crippen LogP contribution in [0, 0.1) is 0 Å². The first kappa shape index (κ1) is 16.6. The minimum absolute atomic E-state index is 0.0974. The zero-order valence-electron chi connectivity index (χ0n) is 12.3. The summed E-state index contributed by atoms with van der Waals surface area (Å²) in [5.41, 5.74) is 4.70. The number of ether oxygens (including phenoxy) is 2. The van der Waals surface area contributed by atoms with Crippen molar-refractivity contribution in [1.29, 1.82) is 0 Å². The second kappa shape index (κ2) is 6.83. The molecular formula is C15H23NO4. The average Bonchev–Trinajstić information content (AvgIpc) is 2.37. The van der Waals surface area contributed by atoms with E-state index >= 15 is 0 Å². The molecule has 0 fully saturated rings. The van der Waals surface area contributed by atoms with Gasteiger partial charge in [0.1, 0.15) is 0 Å². The molecule has 0 aromatic heterocycles. The fourth-order valence-corrected chi connectivity index (χ4v) is 1.64. The summed E-state index contributed by atoms with van der Waals surface area (Å²) in [5, 5.41) is 9.34. The Morgan fingerprint density at radius 1 is 1.20 bits per heavy atom. The highest BCUT2D eigenvalue weighted by atomic mass is 16.5. The van der Waals surface area contributed by atoms with Gasteiger partial charge in [-0.25, -0.2) is 4.79 Å². The molecule has 20 heavy (non-hydrogen) atoms. The Hall–Kier alpha value is -1.43. The fourth-order valence-electron chi connectivity index (χ4n) is 1.64. The lowest BCUT2D eigenvalue weighted by Crippen LogP contribution is -2.49. The van der Waals surface area contributed by atoms with Gasteiger partial charge in [-0.05, 0) is 26.3 Å². The fraction of sp³-hybridized carbons (Fsp3) is 0.533. The van der Waals surface area contributed by atoms with Crippen molar-refractivity contribution in [3.8, 4) is 0 Å². The van der Waals surface area contributed by atoms with Gasteiger partial charge in [0.2, 0.25) is 0 Å². The molecular weight excluding hydrogens is 258 g/mol. The first-order chi connectivity index (χ1) is 9.26. The average molecular weight is 281 g/mol. The molecule has 1 atom stereocenters. The number of carbonyl (C=O) groups is 1. The molecule has 0 amide bonds. The van der Waals surface area contributed by atoms with E-state index in [1.165, 1.54) is 0 Å². The lowest BCUT2D eigenvalue weighted by molar-refractivity contribution is -0.147. The maximum absolute atomic E-state index is 11.4. The van der Waals surface area contributed by atoms with Crippen LogP contribution in [0.25, 0.3) is 0 Å². The van der Waals surface area contributed by atoms with Gasteiger partial charge in [-0.2, -0.15) is 0 Å². The maximum Gasteiger partial charge on any atom is 0.330 e. The third kappa shape index (κ3) is 4.92. The minimum Gasteiger partial charge on any atom is -0.480 e. The van der Waals surface area contributed by atoms with Gasteiger partial charge >= 0.3 is 5.97 Å². The SMILES string of the molecule is CC(C)(C)OCCOCC(N)(C(=O)O)c1ccccc1. The van der Waals surface area contributed by atoms with Crippen LogP contribution in [-0.4, -0.2) is 36.5 Å². The predicted octanol–water partition coefficient (Wildman–Crippen LogP) is 1.76. The van der Waals surface area contributed by atoms with Crippen LogP contribution in [0.5, 0.6) is 0 Å². The summed E-state index contributed by atoms with van der Waals surface area (Å²) in [6.45, 7) is 6.44. The van der Waals surface area contributed by atoms with Gasteiger partial charge in [0.25, 0.3) is 0 Å². The van der Waals surface area contributed by atoms with E-state index in [0.717, 1.165) is 0 Å². The van der Waals surface area contributed by atoms with Crippen LogP contribution in [0.4, 0.5) is 0 Å². The van der Waals surface area contributed by atoms with E-state index in [0.29, 0.717) is 18.8 Å². The van der Waals surface area contributed by atoms with E-state index in [1.807, 2.05) is 26.8 Å². The molecule has 1 aromatic rings. The second-order valence-electron chi connectivity index (χ2n) is 5.66. The highest BCUT2D eigenvalue weighted by Gasteiger charge is 2.36. The summed E-state index contributed by atoms with van der Waals surface area (Å²) in [5.74, 6) is -1.11. The van der Waals surface area contributed by atoms with Gasteiger partial charge in [0.15, 0.2) is 5.54 Å². The quantitative estimate of drug-likeness (QED) is 0.744. The van der Waals surface area contributed by atoms with Gasteiger partial charge in [0, 0.05) is 0 Å². The summed E-state index contributed by atoms with van der Waals surface area (Å²) >= 11 is 0. The van der Waals surface area contributed by atoms with Crippen molar-refractivity contribution in [2.75, 3.05) is 19.8 Å². The minimum atomic E-state index is -1.54. The third-order valence-corrected chi connectivity index (χ3v) is 2.76. The Labute approximate surface area is 119 Å². The molecule has 0 saturated carbocycles. The zero-order valence-corrected chi connectivity index (χ0v) is 12.3. The summed E-state index contributed by atoms with van der Waals surface area (Å²) in [6.07, 6.45) is 0. The molecule has 5 nitrogen and oxygen atoms in total. The first-order valence-corrected chi connectivity index (χ1v) is 6.55. The molecule has 0 aliphatic carbocycles. The first-order valence-electron chi connectivity index (χ1n) is 6.55. The molecule has 0 saturated heterocycles. The molecule has 1 aromatic carbocycles. The zero-order chi connectivity index (χ0) is 15.2. The molecule has 112 valence electrons. The normalized spacial score (nSPS) is 14.8. The molecule has 0 radical (unpaired) electrons. The van der Waals surface area contributed by atoms with Crippen LogP contribution in [0.3, 0.4) is 0 Å². The van der Waals surface area contributed by atoms with Crippen LogP contribution < -0.4 is 5.73 Å². The smallest absolute Gasteiger partial charge is 0.330 e. The lowest BCUT2D eigenvalue weighted by Gasteiger charge is -2.25. The number of hydrogen-bond donors (Lipinski definition) is 2. The topological polar surface area (TPSA) is 81.8 Å². The van der Waals surface area contributed by atoms with E-state index in [1.54, 1.807) is 24.3 Å². The Bertz CT molecular complexity index is 427. The van der Waals surface area contributed by atoms with Crippen molar-refractivity contribution in [2.24, 2.45) is 5.73 Å². The van der Waals surface area contributed by atoms with Gasteiger partial charge < -0.3 is 20.3 Å². The Balaban J connectivity index is 2.55. The van der Waals surface area contributed by atoms with E-state index in [4.69, 9.17) is 15.2 Å². The van der Waals surface area contributed by atoms with E-state index < -0.39 is 11.5 Å². The summed E-state index contributed by atoms with van der Waals surface area (Å²) in [7, 11) is 0. The maximum atomic E-state index is 11.4.